The molecule has 0 aliphatic heterocycles. The summed E-state index contributed by atoms with van der Waals surface area (Å²) in [6.07, 6.45) is 1.64. The molecule has 0 spiro atoms. The average molecular weight is 339 g/mol. The number of fused-ring (bicyclic) bond motifs is 1. The van der Waals surface area contributed by atoms with Crippen molar-refractivity contribution >= 4 is 40.0 Å². The molecule has 0 aliphatic rings. The van der Waals surface area contributed by atoms with Gasteiger partial charge in [-0.15, -0.1) is 5.10 Å². The summed E-state index contributed by atoms with van der Waals surface area (Å²) in [5.41, 5.74) is 2.10. The van der Waals surface area contributed by atoms with E-state index in [-0.39, 0.29) is 17.7 Å². The number of rotatable bonds is 4. The highest BCUT2D eigenvalue weighted by Crippen LogP contribution is 2.22. The Morgan fingerprint density at radius 2 is 1.88 bits per heavy atom. The van der Waals surface area contributed by atoms with Gasteiger partial charge in [-0.25, -0.2) is 0 Å². The molecule has 2 aromatic heterocycles. The van der Waals surface area contributed by atoms with Gasteiger partial charge in [0.1, 0.15) is 0 Å². The summed E-state index contributed by atoms with van der Waals surface area (Å²) < 4.78 is 5.42. The number of nitrogens with zero attached hydrogens (tertiary/aromatic N) is 2. The standard InChI is InChI=1S/C17H11ClN4O2/c18-10-5-7-11(8-6-10)20-17-22-21-16(24-17)15(23)13-9-19-14-4-2-1-3-12(13)14/h1-9,19H,(H,20,22). The molecule has 2 aromatic carbocycles. The van der Waals surface area contributed by atoms with Gasteiger partial charge in [-0.1, -0.05) is 34.9 Å². The Kier molecular flexibility index (Phi) is 3.51. The number of ketones is 1. The monoisotopic (exact) mass is 338 g/mol. The third kappa shape index (κ3) is 2.63. The molecule has 2 N–H and O–H groups in total. The Morgan fingerprint density at radius 1 is 1.08 bits per heavy atom. The lowest BCUT2D eigenvalue weighted by Crippen LogP contribution is -2.00. The Morgan fingerprint density at radius 3 is 2.71 bits per heavy atom. The molecule has 0 saturated heterocycles. The minimum atomic E-state index is -0.330. The molecule has 0 atom stereocenters. The third-order valence-electron chi connectivity index (χ3n) is 3.55. The highest BCUT2D eigenvalue weighted by Gasteiger charge is 2.20. The molecule has 7 heteroatoms. The maximum absolute atomic E-state index is 12.6. The van der Waals surface area contributed by atoms with Crippen LogP contribution in [0, 0.1) is 0 Å². The number of anilines is 2. The van der Waals surface area contributed by atoms with Gasteiger partial charge in [-0.3, -0.25) is 4.79 Å². The Labute approximate surface area is 141 Å². The largest absolute Gasteiger partial charge is 0.400 e. The van der Waals surface area contributed by atoms with Crippen LogP contribution in [0.4, 0.5) is 11.7 Å². The first-order valence-corrected chi connectivity index (χ1v) is 7.55. The molecule has 0 radical (unpaired) electrons. The lowest BCUT2D eigenvalue weighted by molar-refractivity contribution is 0.100. The van der Waals surface area contributed by atoms with Crippen LogP contribution >= 0.6 is 11.6 Å². The summed E-state index contributed by atoms with van der Waals surface area (Å²) in [6, 6.07) is 14.7. The van der Waals surface area contributed by atoms with Gasteiger partial charge in [0.15, 0.2) is 0 Å². The van der Waals surface area contributed by atoms with Crippen molar-refractivity contribution in [2.24, 2.45) is 0 Å². The van der Waals surface area contributed by atoms with Crippen LogP contribution in [0.3, 0.4) is 0 Å². The number of halogens is 1. The van der Waals surface area contributed by atoms with E-state index in [1.807, 2.05) is 24.3 Å². The molecule has 6 nitrogen and oxygen atoms in total. The molecule has 4 rings (SSSR count). The smallest absolute Gasteiger partial charge is 0.320 e. The first-order chi connectivity index (χ1) is 11.7. The van der Waals surface area contributed by atoms with Gasteiger partial charge in [-0.05, 0) is 30.3 Å². The average Bonchev–Trinajstić information content (AvgIpc) is 3.23. The highest BCUT2D eigenvalue weighted by molar-refractivity contribution is 6.30. The van der Waals surface area contributed by atoms with Gasteiger partial charge in [0.2, 0.25) is 0 Å². The summed E-state index contributed by atoms with van der Waals surface area (Å²) in [6.45, 7) is 0. The third-order valence-corrected chi connectivity index (χ3v) is 3.80. The maximum atomic E-state index is 12.6. The lowest BCUT2D eigenvalue weighted by Gasteiger charge is -2.00. The molecule has 24 heavy (non-hydrogen) atoms. The summed E-state index contributed by atoms with van der Waals surface area (Å²) in [5.74, 6) is -0.402. The molecular weight excluding hydrogens is 328 g/mol. The van der Waals surface area contributed by atoms with Crippen LogP contribution in [0.15, 0.2) is 59.1 Å². The Hall–Kier alpha value is -3.12. The number of aromatic amines is 1. The van der Waals surface area contributed by atoms with Crippen molar-refractivity contribution in [3.8, 4) is 0 Å². The van der Waals surface area contributed by atoms with Crippen LogP contribution in [-0.4, -0.2) is 21.0 Å². The second-order valence-electron chi connectivity index (χ2n) is 5.12. The Balaban J connectivity index is 1.60. The SMILES string of the molecule is O=C(c1nnc(Nc2ccc(Cl)cc2)o1)c1c[nH]c2ccccc12. The maximum Gasteiger partial charge on any atom is 0.320 e. The van der Waals surface area contributed by atoms with E-state index in [0.717, 1.165) is 16.6 Å². The molecular formula is C17H11ClN4O2. The molecule has 0 bridgehead atoms. The number of nitrogens with one attached hydrogen (secondary N) is 2. The Bertz CT molecular complexity index is 1020. The van der Waals surface area contributed by atoms with Crippen molar-refractivity contribution < 1.29 is 9.21 Å². The number of carbonyl (C=O) groups excluding carboxylic acids is 1. The van der Waals surface area contributed by atoms with Crippen molar-refractivity contribution in [1.82, 2.24) is 15.2 Å². The van der Waals surface area contributed by atoms with E-state index >= 15 is 0 Å². The molecule has 2 heterocycles. The highest BCUT2D eigenvalue weighted by atomic mass is 35.5. The van der Waals surface area contributed by atoms with Crippen LogP contribution < -0.4 is 5.32 Å². The summed E-state index contributed by atoms with van der Waals surface area (Å²) >= 11 is 5.84. The minimum Gasteiger partial charge on any atom is -0.400 e. The van der Waals surface area contributed by atoms with Crippen molar-refractivity contribution in [2.45, 2.75) is 0 Å². The number of hydrogen-bond acceptors (Lipinski definition) is 5. The molecule has 4 aromatic rings. The van der Waals surface area contributed by atoms with E-state index < -0.39 is 0 Å². The van der Waals surface area contributed by atoms with Gasteiger partial charge < -0.3 is 14.7 Å². The van der Waals surface area contributed by atoms with Crippen molar-refractivity contribution in [3.05, 3.63) is 71.2 Å². The number of aromatic nitrogens is 3. The first kappa shape index (κ1) is 14.5. The van der Waals surface area contributed by atoms with E-state index in [4.69, 9.17) is 16.0 Å². The fraction of sp³-hybridized carbons (Fsp3) is 0. The molecule has 0 amide bonds. The zero-order chi connectivity index (χ0) is 16.5. The quantitative estimate of drug-likeness (QED) is 0.545. The normalized spacial score (nSPS) is 10.9. The fourth-order valence-electron chi connectivity index (χ4n) is 2.40. The molecule has 0 saturated carbocycles. The summed E-state index contributed by atoms with van der Waals surface area (Å²) in [4.78, 5) is 15.6. The summed E-state index contributed by atoms with van der Waals surface area (Å²) in [7, 11) is 0. The van der Waals surface area contributed by atoms with Crippen LogP contribution in [0.25, 0.3) is 10.9 Å². The topological polar surface area (TPSA) is 83.8 Å². The molecule has 0 fully saturated rings. The van der Waals surface area contributed by atoms with Crippen LogP contribution in [0.2, 0.25) is 5.02 Å². The molecule has 0 aliphatic carbocycles. The fourth-order valence-corrected chi connectivity index (χ4v) is 2.52. The van der Waals surface area contributed by atoms with E-state index in [2.05, 4.69) is 20.5 Å². The van der Waals surface area contributed by atoms with Gasteiger partial charge in [0, 0.05) is 27.8 Å². The predicted molar refractivity (Wildman–Crippen MR) is 90.8 cm³/mol. The van der Waals surface area contributed by atoms with E-state index in [9.17, 15) is 4.79 Å². The number of para-hydroxylation sites is 1. The van der Waals surface area contributed by atoms with Crippen molar-refractivity contribution in [2.75, 3.05) is 5.32 Å². The second kappa shape index (κ2) is 5.82. The van der Waals surface area contributed by atoms with Gasteiger partial charge >= 0.3 is 6.01 Å². The summed E-state index contributed by atoms with van der Waals surface area (Å²) in [5, 5.41) is 12.0. The van der Waals surface area contributed by atoms with E-state index in [0.29, 0.717) is 10.6 Å². The molecule has 0 unspecified atom stereocenters. The van der Waals surface area contributed by atoms with Gasteiger partial charge in [0.25, 0.3) is 11.7 Å². The minimum absolute atomic E-state index is 0.0729. The molecule has 118 valence electrons. The first-order valence-electron chi connectivity index (χ1n) is 7.17. The van der Waals surface area contributed by atoms with Gasteiger partial charge in [0.05, 0.1) is 5.56 Å². The van der Waals surface area contributed by atoms with E-state index in [1.165, 1.54) is 0 Å². The zero-order valence-corrected chi connectivity index (χ0v) is 13.0. The number of carbonyl (C=O) groups is 1. The second-order valence-corrected chi connectivity index (χ2v) is 5.56. The van der Waals surface area contributed by atoms with Crippen molar-refractivity contribution in [1.29, 1.82) is 0 Å². The van der Waals surface area contributed by atoms with E-state index in [1.54, 1.807) is 30.5 Å². The predicted octanol–water partition coefficient (Wildman–Crippen LogP) is 4.18. The van der Waals surface area contributed by atoms with Crippen LogP contribution in [0.1, 0.15) is 16.2 Å². The number of hydrogen-bond donors (Lipinski definition) is 2. The van der Waals surface area contributed by atoms with Crippen LogP contribution in [0.5, 0.6) is 0 Å². The van der Waals surface area contributed by atoms with Crippen LogP contribution in [-0.2, 0) is 0 Å². The van der Waals surface area contributed by atoms with Gasteiger partial charge in [-0.2, -0.15) is 0 Å². The number of H-pyrrole nitrogens is 1. The van der Waals surface area contributed by atoms with Crippen molar-refractivity contribution in [3.63, 3.8) is 0 Å². The zero-order valence-electron chi connectivity index (χ0n) is 12.3. The number of benzene rings is 2. The lowest BCUT2D eigenvalue weighted by atomic mass is 10.1.